The van der Waals surface area contributed by atoms with Gasteiger partial charge in [-0.15, -0.1) is 0 Å². The van der Waals surface area contributed by atoms with E-state index in [0.29, 0.717) is 23.2 Å². The quantitative estimate of drug-likeness (QED) is 0.133. The van der Waals surface area contributed by atoms with Crippen molar-refractivity contribution in [1.29, 1.82) is 5.41 Å². The number of aromatic nitrogens is 2. The van der Waals surface area contributed by atoms with Crippen molar-refractivity contribution >= 4 is 41.2 Å². The van der Waals surface area contributed by atoms with Crippen molar-refractivity contribution in [1.82, 2.24) is 15.0 Å². The number of ether oxygens (including phenoxy) is 2. The highest BCUT2D eigenvalue weighted by molar-refractivity contribution is 6.22. The second kappa shape index (κ2) is 12.7. The molecule has 0 aliphatic carbocycles. The van der Waals surface area contributed by atoms with E-state index in [4.69, 9.17) is 25.1 Å². The SMILES string of the molecule is CCNC(=O)c1cn(C)c(C(=N)N(C(=O)OCOC(=O)C(C)N)c2cc(C(=O)Nc3ccon3)ccc2C)c1C. The molecule has 0 aliphatic heterocycles. The van der Waals surface area contributed by atoms with Gasteiger partial charge in [0.1, 0.15) is 12.3 Å². The number of amidine groups is 1. The number of nitrogens with two attached hydrogens (primary N) is 1. The Morgan fingerprint density at radius 1 is 1.18 bits per heavy atom. The van der Waals surface area contributed by atoms with Crippen LogP contribution in [0.1, 0.15) is 51.4 Å². The number of hydrogen-bond donors (Lipinski definition) is 4. The number of benzene rings is 1. The number of nitrogens with one attached hydrogen (secondary N) is 3. The van der Waals surface area contributed by atoms with E-state index >= 15 is 0 Å². The van der Waals surface area contributed by atoms with Crippen molar-refractivity contribution in [2.45, 2.75) is 33.7 Å². The maximum Gasteiger partial charge on any atom is 0.423 e. The molecule has 40 heavy (non-hydrogen) atoms. The summed E-state index contributed by atoms with van der Waals surface area (Å²) in [4.78, 5) is 51.5. The van der Waals surface area contributed by atoms with Crippen LogP contribution in [-0.4, -0.2) is 58.8 Å². The average molecular weight is 554 g/mol. The van der Waals surface area contributed by atoms with Crippen LogP contribution in [0.2, 0.25) is 0 Å². The fourth-order valence-corrected chi connectivity index (χ4v) is 3.78. The van der Waals surface area contributed by atoms with Crippen LogP contribution >= 0.6 is 0 Å². The third-order valence-electron chi connectivity index (χ3n) is 5.79. The summed E-state index contributed by atoms with van der Waals surface area (Å²) in [6.45, 7) is 6.16. The minimum atomic E-state index is -1.07. The Hall–Kier alpha value is -4.98. The lowest BCUT2D eigenvalue weighted by Crippen LogP contribution is -2.40. The summed E-state index contributed by atoms with van der Waals surface area (Å²) in [5, 5.41) is 18.0. The molecule has 2 aromatic heterocycles. The third kappa shape index (κ3) is 6.53. The lowest BCUT2D eigenvalue weighted by atomic mass is 10.1. The lowest BCUT2D eigenvalue weighted by Gasteiger charge is -2.25. The number of carbonyl (C=O) groups excluding carboxylic acids is 4. The largest absolute Gasteiger partial charge is 0.427 e. The molecule has 212 valence electrons. The smallest absolute Gasteiger partial charge is 0.423 e. The van der Waals surface area contributed by atoms with Crippen molar-refractivity contribution in [3.05, 3.63) is 64.7 Å². The Labute approximate surface area is 229 Å². The number of rotatable bonds is 9. The highest BCUT2D eigenvalue weighted by Gasteiger charge is 2.30. The molecule has 0 radical (unpaired) electrons. The van der Waals surface area contributed by atoms with Crippen LogP contribution in [0.3, 0.4) is 0 Å². The van der Waals surface area contributed by atoms with E-state index in [1.165, 1.54) is 36.0 Å². The molecule has 14 heteroatoms. The fraction of sp³-hybridized carbons (Fsp3) is 0.308. The van der Waals surface area contributed by atoms with Gasteiger partial charge in [0.2, 0.25) is 6.79 Å². The zero-order valence-electron chi connectivity index (χ0n) is 22.7. The minimum absolute atomic E-state index is 0.140. The van der Waals surface area contributed by atoms with Gasteiger partial charge >= 0.3 is 12.1 Å². The van der Waals surface area contributed by atoms with Gasteiger partial charge in [-0.05, 0) is 51.0 Å². The van der Waals surface area contributed by atoms with E-state index in [1.807, 2.05) is 0 Å². The number of aryl methyl sites for hydroxylation is 2. The first-order chi connectivity index (χ1) is 19.0. The molecule has 3 aromatic rings. The van der Waals surface area contributed by atoms with Crippen molar-refractivity contribution < 1.29 is 33.2 Å². The van der Waals surface area contributed by atoms with Gasteiger partial charge in [0.25, 0.3) is 11.8 Å². The zero-order valence-corrected chi connectivity index (χ0v) is 22.7. The predicted octanol–water partition coefficient (Wildman–Crippen LogP) is 2.45. The van der Waals surface area contributed by atoms with E-state index in [-0.39, 0.29) is 34.5 Å². The standard InChI is InChI=1S/C26H31N7O7/c1-6-29-24(35)18-12-32(5)21(15(18)3)22(28)33(26(37)39-13-38-25(36)16(4)27)19-11-17(8-7-14(19)2)23(34)30-20-9-10-40-31-20/h7-12,16,28H,6,13,27H2,1-5H3,(H,29,35)(H,30,31,34). The van der Waals surface area contributed by atoms with E-state index in [9.17, 15) is 19.2 Å². The van der Waals surface area contributed by atoms with Crippen LogP contribution in [0.5, 0.6) is 0 Å². The number of carbonyl (C=O) groups is 4. The Bertz CT molecular complexity index is 1430. The topological polar surface area (TPSA) is 195 Å². The van der Waals surface area contributed by atoms with Crippen molar-refractivity contribution in [2.75, 3.05) is 23.6 Å². The summed E-state index contributed by atoms with van der Waals surface area (Å²) in [7, 11) is 1.63. The number of amides is 3. The summed E-state index contributed by atoms with van der Waals surface area (Å²) in [5.74, 6) is -1.84. The molecule has 3 amide bonds. The van der Waals surface area contributed by atoms with Crippen LogP contribution in [-0.2, 0) is 21.3 Å². The first-order valence-corrected chi connectivity index (χ1v) is 12.2. The molecule has 0 saturated heterocycles. The van der Waals surface area contributed by atoms with Gasteiger partial charge < -0.3 is 34.9 Å². The molecule has 1 aromatic carbocycles. The highest BCUT2D eigenvalue weighted by Crippen LogP contribution is 2.27. The average Bonchev–Trinajstić information content (AvgIpc) is 3.52. The first kappa shape index (κ1) is 29.6. The number of anilines is 2. The molecule has 0 bridgehead atoms. The molecule has 0 aliphatic rings. The summed E-state index contributed by atoms with van der Waals surface area (Å²) >= 11 is 0. The van der Waals surface area contributed by atoms with E-state index in [1.54, 1.807) is 40.1 Å². The molecule has 2 heterocycles. The highest BCUT2D eigenvalue weighted by atomic mass is 16.7. The minimum Gasteiger partial charge on any atom is -0.427 e. The van der Waals surface area contributed by atoms with Gasteiger partial charge in [0.05, 0.1) is 16.9 Å². The summed E-state index contributed by atoms with van der Waals surface area (Å²) in [5.41, 5.74) is 7.28. The van der Waals surface area contributed by atoms with Crippen molar-refractivity contribution in [3.63, 3.8) is 0 Å². The van der Waals surface area contributed by atoms with Crippen LogP contribution < -0.4 is 21.3 Å². The van der Waals surface area contributed by atoms with Gasteiger partial charge in [0, 0.05) is 31.4 Å². The molecule has 1 atom stereocenters. The van der Waals surface area contributed by atoms with Gasteiger partial charge in [0.15, 0.2) is 11.7 Å². The monoisotopic (exact) mass is 553 g/mol. The normalized spacial score (nSPS) is 11.3. The second-order valence-corrected chi connectivity index (χ2v) is 8.79. The fourth-order valence-electron chi connectivity index (χ4n) is 3.78. The molecule has 0 fully saturated rings. The Morgan fingerprint density at radius 3 is 2.52 bits per heavy atom. The number of esters is 1. The first-order valence-electron chi connectivity index (χ1n) is 12.2. The molecule has 0 saturated carbocycles. The molecular formula is C26H31N7O7. The molecule has 1 unspecified atom stereocenters. The number of hydrogen-bond acceptors (Lipinski definition) is 10. The third-order valence-corrected chi connectivity index (χ3v) is 5.79. The van der Waals surface area contributed by atoms with E-state index < -0.39 is 30.8 Å². The lowest BCUT2D eigenvalue weighted by molar-refractivity contribution is -0.152. The molecule has 14 nitrogen and oxygen atoms in total. The molecular weight excluding hydrogens is 522 g/mol. The maximum atomic E-state index is 13.4. The van der Waals surface area contributed by atoms with Crippen LogP contribution in [0, 0.1) is 19.3 Å². The van der Waals surface area contributed by atoms with Gasteiger partial charge in [-0.2, -0.15) is 0 Å². The van der Waals surface area contributed by atoms with Crippen molar-refractivity contribution in [3.8, 4) is 0 Å². The molecule has 3 rings (SSSR count). The Balaban J connectivity index is 2.04. The summed E-state index contributed by atoms with van der Waals surface area (Å²) in [6.07, 6.45) is 1.78. The Kier molecular flexibility index (Phi) is 9.40. The van der Waals surface area contributed by atoms with Crippen LogP contribution in [0.25, 0.3) is 0 Å². The van der Waals surface area contributed by atoms with Crippen LogP contribution in [0.4, 0.5) is 16.3 Å². The summed E-state index contributed by atoms with van der Waals surface area (Å²) in [6, 6.07) is 5.05. The van der Waals surface area contributed by atoms with E-state index in [2.05, 4.69) is 15.8 Å². The zero-order chi connectivity index (χ0) is 29.6. The Morgan fingerprint density at radius 2 is 1.90 bits per heavy atom. The molecule has 5 N–H and O–H groups in total. The maximum absolute atomic E-state index is 13.4. The summed E-state index contributed by atoms with van der Waals surface area (Å²) < 4.78 is 16.3. The number of nitrogens with zero attached hydrogens (tertiary/aromatic N) is 3. The molecule has 0 spiro atoms. The van der Waals surface area contributed by atoms with Crippen LogP contribution in [0.15, 0.2) is 41.2 Å². The second-order valence-electron chi connectivity index (χ2n) is 8.79. The van der Waals surface area contributed by atoms with Gasteiger partial charge in [-0.25, -0.2) is 9.69 Å². The van der Waals surface area contributed by atoms with E-state index in [0.717, 1.165) is 4.90 Å². The van der Waals surface area contributed by atoms with Gasteiger partial charge in [-0.3, -0.25) is 19.8 Å². The van der Waals surface area contributed by atoms with Crippen molar-refractivity contribution in [2.24, 2.45) is 12.8 Å². The predicted molar refractivity (Wildman–Crippen MR) is 144 cm³/mol. The van der Waals surface area contributed by atoms with Gasteiger partial charge in [-0.1, -0.05) is 11.2 Å².